The van der Waals surface area contributed by atoms with Gasteiger partial charge < -0.3 is 0 Å². The first-order chi connectivity index (χ1) is 9.77. The molecule has 2 aromatic carbocycles. The van der Waals surface area contributed by atoms with Crippen molar-refractivity contribution in [3.05, 3.63) is 71.3 Å². The Morgan fingerprint density at radius 2 is 1.65 bits per heavy atom. The van der Waals surface area contributed by atoms with Crippen LogP contribution in [0.3, 0.4) is 0 Å². The van der Waals surface area contributed by atoms with Gasteiger partial charge in [-0.2, -0.15) is 0 Å². The maximum absolute atomic E-state index is 12.6. The van der Waals surface area contributed by atoms with E-state index in [-0.39, 0.29) is 11.6 Å². The second kappa shape index (κ2) is 5.41. The number of fused-ring (bicyclic) bond motifs is 1. The number of ketones is 2. The van der Waals surface area contributed by atoms with Crippen molar-refractivity contribution >= 4 is 11.6 Å². The van der Waals surface area contributed by atoms with E-state index in [1.807, 2.05) is 42.5 Å². The fourth-order valence-corrected chi connectivity index (χ4v) is 2.85. The van der Waals surface area contributed by atoms with Gasteiger partial charge in [-0.05, 0) is 24.8 Å². The highest BCUT2D eigenvalue weighted by Crippen LogP contribution is 2.27. The summed E-state index contributed by atoms with van der Waals surface area (Å²) in [5.74, 6) is -0.597. The molecule has 1 aliphatic rings. The molecule has 0 aromatic heterocycles. The largest absolute Gasteiger partial charge is 0.293 e. The van der Waals surface area contributed by atoms with Gasteiger partial charge in [0.25, 0.3) is 0 Å². The zero-order valence-corrected chi connectivity index (χ0v) is 11.2. The summed E-state index contributed by atoms with van der Waals surface area (Å²) in [4.78, 5) is 25.2. The lowest BCUT2D eigenvalue weighted by Crippen LogP contribution is -2.23. The van der Waals surface area contributed by atoms with Crippen molar-refractivity contribution in [2.75, 3.05) is 0 Å². The molecule has 1 aliphatic carbocycles. The molecule has 2 aromatic rings. The normalized spacial score (nSPS) is 18.2. The van der Waals surface area contributed by atoms with E-state index in [2.05, 4.69) is 0 Å². The highest BCUT2D eigenvalue weighted by atomic mass is 16.2. The molecule has 0 aliphatic heterocycles. The van der Waals surface area contributed by atoms with Gasteiger partial charge in [0, 0.05) is 11.1 Å². The average Bonchev–Trinajstić information content (AvgIpc) is 2.67. The van der Waals surface area contributed by atoms with E-state index in [1.165, 1.54) is 0 Å². The van der Waals surface area contributed by atoms with Crippen molar-refractivity contribution in [1.29, 1.82) is 0 Å². The van der Waals surface area contributed by atoms with E-state index >= 15 is 0 Å². The first-order valence-electron chi connectivity index (χ1n) is 6.99. The summed E-state index contributed by atoms with van der Waals surface area (Å²) >= 11 is 0. The molecule has 0 N–H and O–H groups in total. The van der Waals surface area contributed by atoms with Crippen LogP contribution in [0.4, 0.5) is 0 Å². The molecule has 20 heavy (non-hydrogen) atoms. The Labute approximate surface area is 118 Å². The van der Waals surface area contributed by atoms with Crippen molar-refractivity contribution in [2.24, 2.45) is 5.92 Å². The first-order valence-corrected chi connectivity index (χ1v) is 6.99. The second-order valence-electron chi connectivity index (χ2n) is 5.20. The van der Waals surface area contributed by atoms with Crippen LogP contribution in [-0.2, 0) is 6.42 Å². The second-order valence-corrected chi connectivity index (χ2v) is 5.20. The minimum atomic E-state index is -0.527. The van der Waals surface area contributed by atoms with Gasteiger partial charge >= 0.3 is 0 Å². The summed E-state index contributed by atoms with van der Waals surface area (Å²) in [5, 5.41) is 0. The van der Waals surface area contributed by atoms with Crippen LogP contribution in [0.25, 0.3) is 0 Å². The minimum absolute atomic E-state index is 0.0213. The maximum atomic E-state index is 12.6. The van der Waals surface area contributed by atoms with E-state index in [4.69, 9.17) is 0 Å². The maximum Gasteiger partial charge on any atom is 0.173 e. The predicted molar refractivity (Wildman–Crippen MR) is 78.0 cm³/mol. The Balaban J connectivity index is 1.95. The summed E-state index contributed by atoms with van der Waals surface area (Å²) in [6, 6.07) is 16.8. The third-order valence-corrected chi connectivity index (χ3v) is 3.91. The van der Waals surface area contributed by atoms with Gasteiger partial charge in [-0.3, -0.25) is 9.59 Å². The average molecular weight is 264 g/mol. The van der Waals surface area contributed by atoms with Crippen LogP contribution in [0, 0.1) is 5.92 Å². The number of aryl methyl sites for hydroxylation is 1. The fourth-order valence-electron chi connectivity index (χ4n) is 2.85. The Morgan fingerprint density at radius 1 is 0.950 bits per heavy atom. The monoisotopic (exact) mass is 264 g/mol. The molecule has 0 amide bonds. The van der Waals surface area contributed by atoms with E-state index in [0.29, 0.717) is 12.0 Å². The fraction of sp³-hybridized carbons (Fsp3) is 0.222. The van der Waals surface area contributed by atoms with Crippen molar-refractivity contribution in [3.63, 3.8) is 0 Å². The number of hydrogen-bond donors (Lipinski definition) is 0. The molecular formula is C18H16O2. The first kappa shape index (κ1) is 12.8. The zero-order chi connectivity index (χ0) is 13.9. The van der Waals surface area contributed by atoms with Crippen molar-refractivity contribution in [1.82, 2.24) is 0 Å². The highest BCUT2D eigenvalue weighted by Gasteiger charge is 2.31. The van der Waals surface area contributed by atoms with Gasteiger partial charge in [-0.15, -0.1) is 0 Å². The summed E-state index contributed by atoms with van der Waals surface area (Å²) < 4.78 is 0. The predicted octanol–water partition coefficient (Wildman–Crippen LogP) is 3.70. The SMILES string of the molecule is O=C(c1ccccc1)C1CCCc2ccccc2C1=O. The van der Waals surface area contributed by atoms with Gasteiger partial charge in [0.2, 0.25) is 0 Å². The quantitative estimate of drug-likeness (QED) is 0.471. The lowest BCUT2D eigenvalue weighted by molar-refractivity contribution is 0.0801. The standard InChI is InChI=1S/C18H16O2/c19-17(14-8-2-1-3-9-14)16-12-6-10-13-7-4-5-11-15(13)18(16)20/h1-5,7-9,11,16H,6,10,12H2. The van der Waals surface area contributed by atoms with E-state index in [0.717, 1.165) is 24.0 Å². The summed E-state index contributed by atoms with van der Waals surface area (Å²) in [6.45, 7) is 0. The van der Waals surface area contributed by atoms with Crippen LogP contribution in [0.15, 0.2) is 54.6 Å². The molecule has 2 nitrogen and oxygen atoms in total. The van der Waals surface area contributed by atoms with Crippen molar-refractivity contribution in [2.45, 2.75) is 19.3 Å². The number of hydrogen-bond acceptors (Lipinski definition) is 2. The van der Waals surface area contributed by atoms with Crippen LogP contribution in [0.2, 0.25) is 0 Å². The molecule has 0 bridgehead atoms. The number of rotatable bonds is 2. The molecular weight excluding hydrogens is 248 g/mol. The minimum Gasteiger partial charge on any atom is -0.293 e. The Bertz CT molecular complexity index is 643. The van der Waals surface area contributed by atoms with Crippen molar-refractivity contribution < 1.29 is 9.59 Å². The van der Waals surface area contributed by atoms with Gasteiger partial charge in [-0.25, -0.2) is 0 Å². The molecule has 0 saturated carbocycles. The Hall–Kier alpha value is -2.22. The van der Waals surface area contributed by atoms with Gasteiger partial charge in [0.1, 0.15) is 0 Å². The van der Waals surface area contributed by atoms with Gasteiger partial charge in [0.15, 0.2) is 11.6 Å². The highest BCUT2D eigenvalue weighted by molar-refractivity contribution is 6.16. The van der Waals surface area contributed by atoms with E-state index in [9.17, 15) is 9.59 Å². The third-order valence-electron chi connectivity index (χ3n) is 3.91. The molecule has 100 valence electrons. The Kier molecular flexibility index (Phi) is 3.46. The lowest BCUT2D eigenvalue weighted by atomic mass is 9.88. The number of carbonyl (C=O) groups is 2. The van der Waals surface area contributed by atoms with Crippen LogP contribution in [0.1, 0.15) is 39.1 Å². The zero-order valence-electron chi connectivity index (χ0n) is 11.2. The van der Waals surface area contributed by atoms with Crippen molar-refractivity contribution in [3.8, 4) is 0 Å². The lowest BCUT2D eigenvalue weighted by Gasteiger charge is -2.12. The Morgan fingerprint density at radius 3 is 2.45 bits per heavy atom. The molecule has 0 fully saturated rings. The summed E-state index contributed by atoms with van der Waals surface area (Å²) in [5.41, 5.74) is 2.42. The molecule has 0 spiro atoms. The van der Waals surface area contributed by atoms with Crippen LogP contribution < -0.4 is 0 Å². The molecule has 0 heterocycles. The molecule has 0 saturated heterocycles. The van der Waals surface area contributed by atoms with E-state index in [1.54, 1.807) is 12.1 Å². The van der Waals surface area contributed by atoms with Gasteiger partial charge in [0.05, 0.1) is 5.92 Å². The molecule has 3 rings (SSSR count). The van der Waals surface area contributed by atoms with E-state index < -0.39 is 5.92 Å². The van der Waals surface area contributed by atoms with Crippen LogP contribution >= 0.6 is 0 Å². The van der Waals surface area contributed by atoms with Crippen LogP contribution in [0.5, 0.6) is 0 Å². The molecule has 2 heteroatoms. The topological polar surface area (TPSA) is 34.1 Å². The molecule has 0 radical (unpaired) electrons. The summed E-state index contributed by atoms with van der Waals surface area (Å²) in [6.07, 6.45) is 2.40. The third kappa shape index (κ3) is 2.29. The number of Topliss-reactive ketones (excluding diaryl/α,β-unsaturated/α-hetero) is 2. The van der Waals surface area contributed by atoms with Crippen LogP contribution in [-0.4, -0.2) is 11.6 Å². The number of carbonyl (C=O) groups excluding carboxylic acids is 2. The summed E-state index contributed by atoms with van der Waals surface area (Å²) in [7, 11) is 0. The smallest absolute Gasteiger partial charge is 0.173 e. The number of benzene rings is 2. The molecule has 1 atom stereocenters. The van der Waals surface area contributed by atoms with Gasteiger partial charge in [-0.1, -0.05) is 54.6 Å². The molecule has 1 unspecified atom stereocenters.